The van der Waals surface area contributed by atoms with E-state index in [1.165, 1.54) is 0 Å². The van der Waals surface area contributed by atoms with Crippen LogP contribution in [0.3, 0.4) is 0 Å². The van der Waals surface area contributed by atoms with E-state index < -0.39 is 0 Å². The van der Waals surface area contributed by atoms with Gasteiger partial charge in [-0.25, -0.2) is 0 Å². The summed E-state index contributed by atoms with van der Waals surface area (Å²) in [5.74, 6) is 1.41. The first-order valence-electron chi connectivity index (χ1n) is 7.93. The zero-order valence-corrected chi connectivity index (χ0v) is 13.1. The number of aromatic nitrogens is 1. The maximum absolute atomic E-state index is 12.4. The average molecular weight is 316 g/mol. The molecule has 6 nitrogen and oxygen atoms in total. The topological polar surface area (TPSA) is 63.8 Å². The van der Waals surface area contributed by atoms with Gasteiger partial charge < -0.3 is 19.2 Å². The number of fused-ring (bicyclic) bond motifs is 2. The Balaban J connectivity index is 1.66. The molecule has 1 N–H and O–H groups in total. The normalized spacial score (nSPS) is 20.5. The Morgan fingerprint density at radius 2 is 2.13 bits per heavy atom. The van der Waals surface area contributed by atoms with Gasteiger partial charge in [-0.2, -0.15) is 0 Å². The fraction of sp³-hybridized carbons (Fsp3) is 0.471. The molecule has 0 radical (unpaired) electrons. The van der Waals surface area contributed by atoms with Crippen LogP contribution in [0, 0.1) is 0 Å². The third-order valence-electron chi connectivity index (χ3n) is 4.65. The number of rotatable bonds is 4. The van der Waals surface area contributed by atoms with Gasteiger partial charge in [0.25, 0.3) is 5.56 Å². The number of aromatic amines is 1. The van der Waals surface area contributed by atoms with E-state index in [1.807, 2.05) is 18.2 Å². The highest BCUT2D eigenvalue weighted by Crippen LogP contribution is 2.35. The first kappa shape index (κ1) is 14.5. The number of hydrogen-bond donors (Lipinski definition) is 1. The second-order valence-corrected chi connectivity index (χ2v) is 6.14. The van der Waals surface area contributed by atoms with Gasteiger partial charge in [0.2, 0.25) is 6.79 Å². The van der Waals surface area contributed by atoms with Crippen LogP contribution < -0.4 is 15.0 Å². The van der Waals surface area contributed by atoms with Crippen LogP contribution in [0.5, 0.6) is 11.5 Å². The van der Waals surface area contributed by atoms with Crippen LogP contribution in [-0.4, -0.2) is 43.0 Å². The van der Waals surface area contributed by atoms with Gasteiger partial charge in [0.05, 0.1) is 12.1 Å². The maximum Gasteiger partial charge on any atom is 0.252 e. The van der Waals surface area contributed by atoms with Gasteiger partial charge in [-0.05, 0) is 31.5 Å². The molecule has 0 spiro atoms. The van der Waals surface area contributed by atoms with E-state index in [1.54, 1.807) is 7.11 Å². The summed E-state index contributed by atoms with van der Waals surface area (Å²) in [7, 11) is 1.72. The summed E-state index contributed by atoms with van der Waals surface area (Å²) in [5, 5.41) is 0.964. The molecule has 2 aromatic rings. The van der Waals surface area contributed by atoms with Crippen molar-refractivity contribution in [1.29, 1.82) is 0 Å². The van der Waals surface area contributed by atoms with Crippen LogP contribution >= 0.6 is 0 Å². The molecular weight excluding hydrogens is 296 g/mol. The Bertz CT molecular complexity index is 786. The quantitative estimate of drug-likeness (QED) is 0.933. The van der Waals surface area contributed by atoms with E-state index >= 15 is 0 Å². The summed E-state index contributed by atoms with van der Waals surface area (Å²) in [6.45, 7) is 2.60. The van der Waals surface area contributed by atoms with Crippen molar-refractivity contribution >= 4 is 10.9 Å². The monoisotopic (exact) mass is 316 g/mol. The first-order valence-corrected chi connectivity index (χ1v) is 7.93. The molecular formula is C17H20N2O4. The predicted octanol–water partition coefficient (Wildman–Crippen LogP) is 1.87. The summed E-state index contributed by atoms with van der Waals surface area (Å²) in [5.41, 5.74) is 1.51. The van der Waals surface area contributed by atoms with Gasteiger partial charge in [-0.3, -0.25) is 9.69 Å². The molecule has 1 fully saturated rings. The molecule has 1 saturated heterocycles. The number of methoxy groups -OCH3 is 1. The highest BCUT2D eigenvalue weighted by atomic mass is 16.7. The lowest BCUT2D eigenvalue weighted by Crippen LogP contribution is -2.34. The van der Waals surface area contributed by atoms with Gasteiger partial charge in [0, 0.05) is 36.7 Å². The molecule has 1 atom stereocenters. The minimum Gasteiger partial charge on any atom is -0.454 e. The van der Waals surface area contributed by atoms with Crippen LogP contribution in [0.1, 0.15) is 18.4 Å². The minimum atomic E-state index is -0.0422. The Morgan fingerprint density at radius 1 is 1.30 bits per heavy atom. The van der Waals surface area contributed by atoms with Crippen molar-refractivity contribution in [2.75, 3.05) is 27.1 Å². The minimum absolute atomic E-state index is 0.0422. The third-order valence-corrected chi connectivity index (χ3v) is 4.65. The lowest BCUT2D eigenvalue weighted by atomic mass is 10.1. The molecule has 2 aliphatic rings. The summed E-state index contributed by atoms with van der Waals surface area (Å²) < 4.78 is 16.1. The zero-order chi connectivity index (χ0) is 15.8. The van der Waals surface area contributed by atoms with Gasteiger partial charge >= 0.3 is 0 Å². The number of ether oxygens (including phenoxy) is 3. The van der Waals surface area contributed by atoms with Crippen molar-refractivity contribution in [3.05, 3.63) is 34.1 Å². The number of nitrogens with zero attached hydrogens (tertiary/aromatic N) is 1. The van der Waals surface area contributed by atoms with Crippen molar-refractivity contribution in [3.63, 3.8) is 0 Å². The molecule has 0 unspecified atom stereocenters. The van der Waals surface area contributed by atoms with E-state index in [9.17, 15) is 4.79 Å². The first-order chi connectivity index (χ1) is 11.2. The fourth-order valence-corrected chi connectivity index (χ4v) is 3.46. The van der Waals surface area contributed by atoms with Crippen LogP contribution in [-0.2, 0) is 11.3 Å². The SMILES string of the molecule is COC[C@@H]1CCCN1Cc1cc2cc3c(cc2[nH]c1=O)OCO3. The number of H-pyrrole nitrogens is 1. The molecule has 1 aromatic carbocycles. The van der Waals surface area contributed by atoms with Crippen molar-refractivity contribution < 1.29 is 14.2 Å². The lowest BCUT2D eigenvalue weighted by molar-refractivity contribution is 0.111. The van der Waals surface area contributed by atoms with Crippen molar-refractivity contribution in [2.24, 2.45) is 0 Å². The molecule has 0 bridgehead atoms. The van der Waals surface area contributed by atoms with E-state index in [4.69, 9.17) is 14.2 Å². The van der Waals surface area contributed by atoms with Gasteiger partial charge in [-0.15, -0.1) is 0 Å². The third kappa shape index (κ3) is 2.68. The lowest BCUT2D eigenvalue weighted by Gasteiger charge is -2.23. The van der Waals surface area contributed by atoms with Crippen molar-refractivity contribution in [3.8, 4) is 11.5 Å². The highest BCUT2D eigenvalue weighted by molar-refractivity contribution is 5.83. The maximum atomic E-state index is 12.4. The molecule has 122 valence electrons. The fourth-order valence-electron chi connectivity index (χ4n) is 3.46. The van der Waals surface area contributed by atoms with Gasteiger partial charge in [0.15, 0.2) is 11.5 Å². The largest absolute Gasteiger partial charge is 0.454 e. The Labute approximate surface area is 134 Å². The summed E-state index contributed by atoms with van der Waals surface area (Å²) in [6, 6.07) is 6.10. The number of likely N-dealkylation sites (tertiary alicyclic amines) is 1. The Hall–Kier alpha value is -2.05. The standard InChI is InChI=1S/C17H20N2O4/c1-21-9-13-3-2-4-19(13)8-12-5-11-6-15-16(23-10-22-15)7-14(11)18-17(12)20/h5-7,13H,2-4,8-10H2,1H3,(H,18,20)/t13-/m0/s1. The van der Waals surface area contributed by atoms with E-state index in [-0.39, 0.29) is 12.4 Å². The molecule has 23 heavy (non-hydrogen) atoms. The predicted molar refractivity (Wildman–Crippen MR) is 86.0 cm³/mol. The van der Waals surface area contributed by atoms with E-state index in [2.05, 4.69) is 9.88 Å². The number of nitrogens with one attached hydrogen (secondary N) is 1. The molecule has 2 aliphatic heterocycles. The van der Waals surface area contributed by atoms with Crippen LogP contribution in [0.25, 0.3) is 10.9 Å². The molecule has 4 rings (SSSR count). The van der Waals surface area contributed by atoms with Crippen LogP contribution in [0.2, 0.25) is 0 Å². The summed E-state index contributed by atoms with van der Waals surface area (Å²) >= 11 is 0. The highest BCUT2D eigenvalue weighted by Gasteiger charge is 2.25. The molecule has 0 saturated carbocycles. The average Bonchev–Trinajstić information content (AvgIpc) is 3.15. The summed E-state index contributed by atoms with van der Waals surface area (Å²) in [4.78, 5) is 17.7. The zero-order valence-electron chi connectivity index (χ0n) is 13.1. The second kappa shape index (κ2) is 5.86. The number of pyridine rings is 1. The van der Waals surface area contributed by atoms with Crippen molar-refractivity contribution in [1.82, 2.24) is 9.88 Å². The molecule has 6 heteroatoms. The smallest absolute Gasteiger partial charge is 0.252 e. The molecule has 1 aromatic heterocycles. The molecule has 0 aliphatic carbocycles. The Kier molecular flexibility index (Phi) is 3.71. The molecule has 3 heterocycles. The van der Waals surface area contributed by atoms with Crippen LogP contribution in [0.15, 0.2) is 23.0 Å². The van der Waals surface area contributed by atoms with Gasteiger partial charge in [0.1, 0.15) is 0 Å². The second-order valence-electron chi connectivity index (χ2n) is 6.14. The van der Waals surface area contributed by atoms with Crippen LogP contribution in [0.4, 0.5) is 0 Å². The van der Waals surface area contributed by atoms with Crippen molar-refractivity contribution in [2.45, 2.75) is 25.4 Å². The molecule has 0 amide bonds. The summed E-state index contributed by atoms with van der Waals surface area (Å²) in [6.07, 6.45) is 2.27. The van der Waals surface area contributed by atoms with E-state index in [0.717, 1.165) is 41.6 Å². The number of benzene rings is 1. The van der Waals surface area contributed by atoms with E-state index in [0.29, 0.717) is 24.9 Å². The Morgan fingerprint density at radius 3 is 2.96 bits per heavy atom. The number of hydrogen-bond acceptors (Lipinski definition) is 5. The van der Waals surface area contributed by atoms with Gasteiger partial charge in [-0.1, -0.05) is 0 Å².